The summed E-state index contributed by atoms with van der Waals surface area (Å²) in [6.45, 7) is 3.06. The molecule has 0 aromatic carbocycles. The Hall–Kier alpha value is -1.10. The third-order valence-electron chi connectivity index (χ3n) is 3.28. The molecule has 0 aliphatic carbocycles. The Balaban J connectivity index is 1.97. The van der Waals surface area contributed by atoms with Crippen LogP contribution in [0, 0.1) is 5.92 Å². The molecule has 1 aliphatic heterocycles. The van der Waals surface area contributed by atoms with Crippen molar-refractivity contribution >= 4 is 11.9 Å². The predicted octanol–water partition coefficient (Wildman–Crippen LogP) is 1.56. The summed E-state index contributed by atoms with van der Waals surface area (Å²) in [5.41, 5.74) is 0. The summed E-state index contributed by atoms with van der Waals surface area (Å²) < 4.78 is 5.44. The van der Waals surface area contributed by atoms with Crippen LogP contribution in [-0.4, -0.2) is 36.2 Å². The van der Waals surface area contributed by atoms with Crippen molar-refractivity contribution in [2.24, 2.45) is 5.92 Å². The fourth-order valence-electron chi connectivity index (χ4n) is 2.01. The van der Waals surface area contributed by atoms with Gasteiger partial charge >= 0.3 is 5.97 Å². The molecular formula is C13H23NO4. The van der Waals surface area contributed by atoms with Gasteiger partial charge in [-0.15, -0.1) is 0 Å². The van der Waals surface area contributed by atoms with Crippen LogP contribution in [-0.2, 0) is 14.3 Å². The molecule has 104 valence electrons. The van der Waals surface area contributed by atoms with Gasteiger partial charge in [0.25, 0.3) is 0 Å². The first-order valence-corrected chi connectivity index (χ1v) is 6.70. The lowest BCUT2D eigenvalue weighted by molar-refractivity contribution is -0.141. The number of nitrogens with one attached hydrogen (secondary N) is 1. The minimum Gasteiger partial charge on any atom is -0.481 e. The maximum Gasteiger partial charge on any atom is 0.306 e. The van der Waals surface area contributed by atoms with Gasteiger partial charge in [0.15, 0.2) is 0 Å². The minimum absolute atomic E-state index is 0.0356. The molecule has 1 saturated heterocycles. The lowest BCUT2D eigenvalue weighted by atomic mass is 10.1. The molecule has 0 spiro atoms. The van der Waals surface area contributed by atoms with Crippen LogP contribution < -0.4 is 5.32 Å². The maximum atomic E-state index is 11.5. The number of carbonyl (C=O) groups is 2. The Kier molecular flexibility index (Phi) is 6.72. The smallest absolute Gasteiger partial charge is 0.306 e. The van der Waals surface area contributed by atoms with E-state index in [4.69, 9.17) is 9.84 Å². The van der Waals surface area contributed by atoms with Gasteiger partial charge in [0.05, 0.1) is 12.0 Å². The number of ether oxygens (including phenoxy) is 1. The first-order valence-electron chi connectivity index (χ1n) is 6.70. The molecular weight excluding hydrogens is 234 g/mol. The monoisotopic (exact) mass is 257 g/mol. The molecule has 2 unspecified atom stereocenters. The summed E-state index contributed by atoms with van der Waals surface area (Å²) in [5, 5.41) is 11.5. The fraction of sp³-hybridized carbons (Fsp3) is 0.846. The SMILES string of the molecule is CC(CCCNC(=O)CCC1CCCO1)C(=O)O. The molecule has 1 amide bonds. The summed E-state index contributed by atoms with van der Waals surface area (Å²) in [6, 6.07) is 0. The van der Waals surface area contributed by atoms with Gasteiger partial charge in [0.2, 0.25) is 5.91 Å². The Labute approximate surface area is 108 Å². The summed E-state index contributed by atoms with van der Waals surface area (Å²) in [5.74, 6) is -1.08. The number of rotatable bonds is 8. The second kappa shape index (κ2) is 8.08. The van der Waals surface area contributed by atoms with E-state index < -0.39 is 5.97 Å². The van der Waals surface area contributed by atoms with Gasteiger partial charge in [-0.25, -0.2) is 0 Å². The quantitative estimate of drug-likeness (QED) is 0.647. The van der Waals surface area contributed by atoms with E-state index in [1.54, 1.807) is 6.92 Å². The zero-order valence-electron chi connectivity index (χ0n) is 11.0. The topological polar surface area (TPSA) is 75.6 Å². The third kappa shape index (κ3) is 6.00. The maximum absolute atomic E-state index is 11.5. The van der Waals surface area contributed by atoms with E-state index in [2.05, 4.69) is 5.32 Å². The normalized spacial score (nSPS) is 20.6. The predicted molar refractivity (Wildman–Crippen MR) is 67.3 cm³/mol. The minimum atomic E-state index is -0.778. The fourth-order valence-corrected chi connectivity index (χ4v) is 2.01. The lowest BCUT2D eigenvalue weighted by Crippen LogP contribution is -2.26. The van der Waals surface area contributed by atoms with Crippen LogP contribution in [0.2, 0.25) is 0 Å². The van der Waals surface area contributed by atoms with Gasteiger partial charge in [-0.2, -0.15) is 0 Å². The van der Waals surface area contributed by atoms with E-state index in [1.807, 2.05) is 0 Å². The molecule has 2 N–H and O–H groups in total. The van der Waals surface area contributed by atoms with Gasteiger partial charge in [0, 0.05) is 19.6 Å². The molecule has 5 heteroatoms. The van der Waals surface area contributed by atoms with Gasteiger partial charge in [0.1, 0.15) is 0 Å². The molecule has 0 aromatic heterocycles. The Morgan fingerprint density at radius 3 is 2.89 bits per heavy atom. The standard InChI is InChI=1S/C13H23NO4/c1-10(13(16)17)4-2-8-14-12(15)7-6-11-5-3-9-18-11/h10-11H,2-9H2,1H3,(H,14,15)(H,16,17). The number of aliphatic carboxylic acids is 1. The summed E-state index contributed by atoms with van der Waals surface area (Å²) in [6.07, 6.45) is 5.00. The number of amides is 1. The zero-order chi connectivity index (χ0) is 13.4. The van der Waals surface area contributed by atoms with Crippen molar-refractivity contribution < 1.29 is 19.4 Å². The van der Waals surface area contributed by atoms with E-state index in [9.17, 15) is 9.59 Å². The van der Waals surface area contributed by atoms with E-state index in [0.717, 1.165) is 25.9 Å². The number of carboxylic acid groups (broad SMARTS) is 1. The Morgan fingerprint density at radius 2 is 2.28 bits per heavy atom. The van der Waals surface area contributed by atoms with E-state index in [-0.39, 0.29) is 17.9 Å². The molecule has 0 radical (unpaired) electrons. The van der Waals surface area contributed by atoms with Gasteiger partial charge < -0.3 is 15.2 Å². The van der Waals surface area contributed by atoms with Crippen molar-refractivity contribution in [1.29, 1.82) is 0 Å². The van der Waals surface area contributed by atoms with Crippen molar-refractivity contribution in [1.82, 2.24) is 5.32 Å². The van der Waals surface area contributed by atoms with Crippen LogP contribution in [0.25, 0.3) is 0 Å². The molecule has 2 atom stereocenters. The molecule has 0 aromatic rings. The van der Waals surface area contributed by atoms with Crippen molar-refractivity contribution in [2.75, 3.05) is 13.2 Å². The highest BCUT2D eigenvalue weighted by Gasteiger charge is 2.16. The van der Waals surface area contributed by atoms with Crippen LogP contribution in [0.4, 0.5) is 0 Å². The average Bonchev–Trinajstić information content (AvgIpc) is 2.84. The first kappa shape index (κ1) is 15.0. The van der Waals surface area contributed by atoms with Gasteiger partial charge in [-0.3, -0.25) is 9.59 Å². The summed E-state index contributed by atoms with van der Waals surface area (Å²) >= 11 is 0. The van der Waals surface area contributed by atoms with Crippen molar-refractivity contribution in [2.45, 2.75) is 51.6 Å². The first-order chi connectivity index (χ1) is 8.59. The Morgan fingerprint density at radius 1 is 1.50 bits per heavy atom. The highest BCUT2D eigenvalue weighted by atomic mass is 16.5. The number of hydrogen-bond donors (Lipinski definition) is 2. The van der Waals surface area contributed by atoms with Crippen LogP contribution in [0.15, 0.2) is 0 Å². The molecule has 1 rings (SSSR count). The molecule has 1 heterocycles. The molecule has 1 fully saturated rings. The Bertz CT molecular complexity index is 274. The third-order valence-corrected chi connectivity index (χ3v) is 3.28. The summed E-state index contributed by atoms with van der Waals surface area (Å²) in [7, 11) is 0. The lowest BCUT2D eigenvalue weighted by Gasteiger charge is -2.10. The zero-order valence-corrected chi connectivity index (χ0v) is 11.0. The van der Waals surface area contributed by atoms with Crippen LogP contribution >= 0.6 is 0 Å². The second-order valence-electron chi connectivity index (χ2n) is 4.91. The molecule has 18 heavy (non-hydrogen) atoms. The second-order valence-corrected chi connectivity index (χ2v) is 4.91. The molecule has 0 saturated carbocycles. The van der Waals surface area contributed by atoms with Crippen LogP contribution in [0.1, 0.15) is 45.4 Å². The van der Waals surface area contributed by atoms with E-state index in [0.29, 0.717) is 25.8 Å². The van der Waals surface area contributed by atoms with Crippen LogP contribution in [0.3, 0.4) is 0 Å². The van der Waals surface area contributed by atoms with Crippen molar-refractivity contribution in [3.05, 3.63) is 0 Å². The molecule has 0 bridgehead atoms. The largest absolute Gasteiger partial charge is 0.481 e. The van der Waals surface area contributed by atoms with Crippen molar-refractivity contribution in [3.8, 4) is 0 Å². The average molecular weight is 257 g/mol. The van der Waals surface area contributed by atoms with E-state index in [1.165, 1.54) is 0 Å². The number of hydrogen-bond acceptors (Lipinski definition) is 3. The highest BCUT2D eigenvalue weighted by Crippen LogP contribution is 2.16. The van der Waals surface area contributed by atoms with Gasteiger partial charge in [-0.05, 0) is 32.1 Å². The van der Waals surface area contributed by atoms with Crippen molar-refractivity contribution in [3.63, 3.8) is 0 Å². The van der Waals surface area contributed by atoms with Crippen LogP contribution in [0.5, 0.6) is 0 Å². The number of carbonyl (C=O) groups excluding carboxylic acids is 1. The number of carboxylic acids is 1. The summed E-state index contributed by atoms with van der Waals surface area (Å²) in [4.78, 5) is 22.1. The highest BCUT2D eigenvalue weighted by molar-refractivity contribution is 5.75. The molecule has 1 aliphatic rings. The van der Waals surface area contributed by atoms with Gasteiger partial charge in [-0.1, -0.05) is 6.92 Å². The molecule has 5 nitrogen and oxygen atoms in total. The van der Waals surface area contributed by atoms with E-state index >= 15 is 0 Å².